The maximum Gasteiger partial charge on any atom is 0.446 e. The van der Waals surface area contributed by atoms with Gasteiger partial charge in [0.25, 0.3) is 0 Å². The van der Waals surface area contributed by atoms with Crippen molar-refractivity contribution in [2.24, 2.45) is 0 Å². The van der Waals surface area contributed by atoms with Crippen LogP contribution in [0, 0.1) is 5.95 Å². The van der Waals surface area contributed by atoms with E-state index in [9.17, 15) is 17.6 Å². The molecule has 1 N–H and O–H groups in total. The quantitative estimate of drug-likeness (QED) is 0.537. The highest BCUT2D eigenvalue weighted by molar-refractivity contribution is 8.00. The molecule has 0 aliphatic heterocycles. The number of aromatic nitrogens is 2. The second kappa shape index (κ2) is 2.72. The van der Waals surface area contributed by atoms with Crippen LogP contribution >= 0.6 is 11.8 Å². The lowest BCUT2D eigenvalue weighted by molar-refractivity contribution is -0.0329. The van der Waals surface area contributed by atoms with Gasteiger partial charge >= 0.3 is 5.51 Å². The Hall–Kier alpha value is -0.720. The standard InChI is InChI=1S/C4H2F4N2S/c5-3-2(1-9-10-3)11-4(6,7)8/h1H,(H,9,10). The predicted molar refractivity (Wildman–Crippen MR) is 30.5 cm³/mol. The molecule has 1 aromatic heterocycles. The first-order chi connectivity index (χ1) is 4.99. The Morgan fingerprint density at radius 2 is 2.09 bits per heavy atom. The summed E-state index contributed by atoms with van der Waals surface area (Å²) in [6.07, 6.45) is 0.785. The number of nitrogens with one attached hydrogen (secondary N) is 1. The van der Waals surface area contributed by atoms with E-state index < -0.39 is 28.1 Å². The first-order valence-electron chi connectivity index (χ1n) is 2.43. The normalized spacial score (nSPS) is 12.0. The van der Waals surface area contributed by atoms with E-state index >= 15 is 0 Å². The van der Waals surface area contributed by atoms with Crippen molar-refractivity contribution in [1.82, 2.24) is 10.2 Å². The van der Waals surface area contributed by atoms with E-state index in [0.29, 0.717) is 0 Å². The maximum absolute atomic E-state index is 12.2. The fraction of sp³-hybridized carbons (Fsp3) is 0.250. The molecule has 2 nitrogen and oxygen atoms in total. The number of alkyl halides is 3. The van der Waals surface area contributed by atoms with Gasteiger partial charge in [-0.3, -0.25) is 5.10 Å². The minimum atomic E-state index is -4.47. The van der Waals surface area contributed by atoms with Crippen LogP contribution in [0.4, 0.5) is 17.6 Å². The van der Waals surface area contributed by atoms with E-state index in [1.807, 2.05) is 0 Å². The minimum Gasteiger partial charge on any atom is -0.252 e. The average Bonchev–Trinajstić information content (AvgIpc) is 2.12. The number of halogens is 4. The Balaban J connectivity index is 2.72. The van der Waals surface area contributed by atoms with Crippen LogP contribution in [-0.2, 0) is 0 Å². The number of nitrogens with zero attached hydrogens (tertiary/aromatic N) is 1. The van der Waals surface area contributed by atoms with Crippen molar-refractivity contribution in [3.8, 4) is 0 Å². The van der Waals surface area contributed by atoms with Gasteiger partial charge in [0.15, 0.2) is 0 Å². The number of thioether (sulfide) groups is 1. The SMILES string of the molecule is Fc1[nH]ncc1SC(F)(F)F. The molecule has 0 aliphatic carbocycles. The van der Waals surface area contributed by atoms with Crippen LogP contribution in [0.3, 0.4) is 0 Å². The van der Waals surface area contributed by atoms with Crippen LogP contribution in [0.5, 0.6) is 0 Å². The van der Waals surface area contributed by atoms with Gasteiger partial charge in [-0.25, -0.2) is 0 Å². The third-order valence-corrected chi connectivity index (χ3v) is 1.52. The summed E-state index contributed by atoms with van der Waals surface area (Å²) >= 11 is -0.535. The molecule has 0 spiro atoms. The summed E-state index contributed by atoms with van der Waals surface area (Å²) in [5.74, 6) is -1.06. The van der Waals surface area contributed by atoms with Crippen molar-refractivity contribution >= 4 is 11.8 Å². The summed E-state index contributed by atoms with van der Waals surface area (Å²) in [5, 5.41) is 4.84. The zero-order valence-electron chi connectivity index (χ0n) is 4.94. The highest BCUT2D eigenvalue weighted by Crippen LogP contribution is 2.37. The third kappa shape index (κ3) is 2.41. The number of hydrogen-bond acceptors (Lipinski definition) is 2. The van der Waals surface area contributed by atoms with E-state index in [1.165, 1.54) is 0 Å². The van der Waals surface area contributed by atoms with Gasteiger partial charge in [-0.2, -0.15) is 22.7 Å². The first kappa shape index (κ1) is 8.38. The lowest BCUT2D eigenvalue weighted by Gasteiger charge is -2.01. The molecule has 11 heavy (non-hydrogen) atoms. The lowest BCUT2D eigenvalue weighted by Crippen LogP contribution is -1.99. The van der Waals surface area contributed by atoms with E-state index in [0.717, 1.165) is 6.20 Å². The van der Waals surface area contributed by atoms with E-state index in [4.69, 9.17) is 0 Å². The van der Waals surface area contributed by atoms with Gasteiger partial charge in [-0.1, -0.05) is 0 Å². The molecule has 7 heteroatoms. The predicted octanol–water partition coefficient (Wildman–Crippen LogP) is 2.16. The monoisotopic (exact) mass is 186 g/mol. The van der Waals surface area contributed by atoms with Crippen LogP contribution in [-0.4, -0.2) is 15.7 Å². The molecule has 0 fully saturated rings. The number of aromatic amines is 1. The Bertz CT molecular complexity index is 242. The summed E-state index contributed by atoms with van der Waals surface area (Å²) < 4.78 is 46.9. The first-order valence-corrected chi connectivity index (χ1v) is 3.25. The van der Waals surface area contributed by atoms with Crippen LogP contribution in [0.1, 0.15) is 0 Å². The van der Waals surface area contributed by atoms with Gasteiger partial charge in [0, 0.05) is 0 Å². The molecule has 0 atom stereocenters. The Kier molecular flexibility index (Phi) is 2.08. The van der Waals surface area contributed by atoms with Gasteiger partial charge in [-0.15, -0.1) is 0 Å². The van der Waals surface area contributed by atoms with Crippen molar-refractivity contribution in [1.29, 1.82) is 0 Å². The largest absolute Gasteiger partial charge is 0.446 e. The molecule has 0 bridgehead atoms. The van der Waals surface area contributed by atoms with Gasteiger partial charge < -0.3 is 0 Å². The van der Waals surface area contributed by atoms with Gasteiger partial charge in [0.05, 0.1) is 11.1 Å². The molecule has 1 rings (SSSR count). The topological polar surface area (TPSA) is 28.7 Å². The summed E-state index contributed by atoms with van der Waals surface area (Å²) in [6, 6.07) is 0. The van der Waals surface area contributed by atoms with Gasteiger partial charge in [-0.05, 0) is 11.8 Å². The molecule has 0 saturated carbocycles. The zero-order chi connectivity index (χ0) is 8.48. The number of H-pyrrole nitrogens is 1. The van der Waals surface area contributed by atoms with E-state index in [2.05, 4.69) is 5.10 Å². The summed E-state index contributed by atoms with van der Waals surface area (Å²) in [4.78, 5) is -0.544. The second-order valence-electron chi connectivity index (χ2n) is 1.60. The Morgan fingerprint density at radius 3 is 2.45 bits per heavy atom. The lowest BCUT2D eigenvalue weighted by atomic mass is 10.7. The smallest absolute Gasteiger partial charge is 0.252 e. The Morgan fingerprint density at radius 1 is 1.45 bits per heavy atom. The fourth-order valence-corrected chi connectivity index (χ4v) is 0.945. The van der Waals surface area contributed by atoms with Gasteiger partial charge in [0.1, 0.15) is 0 Å². The maximum atomic E-state index is 12.2. The Labute approximate surface area is 63.0 Å². The summed E-state index contributed by atoms with van der Waals surface area (Å²) in [5.41, 5.74) is -4.47. The van der Waals surface area contributed by atoms with Crippen LogP contribution < -0.4 is 0 Å². The van der Waals surface area contributed by atoms with Crippen LogP contribution in [0.15, 0.2) is 11.1 Å². The van der Waals surface area contributed by atoms with Crippen molar-refractivity contribution in [3.05, 3.63) is 12.1 Å². The third-order valence-electron chi connectivity index (χ3n) is 0.787. The van der Waals surface area contributed by atoms with E-state index in [-0.39, 0.29) is 0 Å². The molecule has 0 unspecified atom stereocenters. The molecule has 0 aromatic carbocycles. The van der Waals surface area contributed by atoms with E-state index in [1.54, 1.807) is 5.10 Å². The van der Waals surface area contributed by atoms with Crippen molar-refractivity contribution < 1.29 is 17.6 Å². The van der Waals surface area contributed by atoms with Crippen molar-refractivity contribution in [2.45, 2.75) is 10.4 Å². The molecule has 0 saturated heterocycles. The highest BCUT2D eigenvalue weighted by Gasteiger charge is 2.31. The number of hydrogen-bond donors (Lipinski definition) is 1. The molecule has 1 heterocycles. The molecular formula is C4H2F4N2S. The molecule has 62 valence electrons. The van der Waals surface area contributed by atoms with Crippen LogP contribution in [0.2, 0.25) is 0 Å². The van der Waals surface area contributed by atoms with Crippen molar-refractivity contribution in [2.75, 3.05) is 0 Å². The minimum absolute atomic E-state index is 0.535. The fourth-order valence-electron chi connectivity index (χ4n) is 0.455. The molecule has 1 aromatic rings. The van der Waals surface area contributed by atoms with Gasteiger partial charge in [0.2, 0.25) is 5.95 Å². The summed E-state index contributed by atoms with van der Waals surface area (Å²) in [7, 11) is 0. The number of rotatable bonds is 1. The average molecular weight is 186 g/mol. The van der Waals surface area contributed by atoms with Crippen molar-refractivity contribution in [3.63, 3.8) is 0 Å². The second-order valence-corrected chi connectivity index (χ2v) is 2.70. The molecule has 0 aliphatic rings. The molecular weight excluding hydrogens is 184 g/mol. The van der Waals surface area contributed by atoms with Crippen LogP contribution in [0.25, 0.3) is 0 Å². The molecule has 0 amide bonds. The summed E-state index contributed by atoms with van der Waals surface area (Å²) in [6.45, 7) is 0. The zero-order valence-corrected chi connectivity index (χ0v) is 5.76. The highest BCUT2D eigenvalue weighted by atomic mass is 32.2. The molecule has 0 radical (unpaired) electrons.